The Hall–Kier alpha value is -1.59. The number of aromatic nitrogens is 2. The number of carbonyl (C=O) groups excluding carboxylic acids is 1. The van der Waals surface area contributed by atoms with Crippen LogP contribution in [0.4, 0.5) is 0 Å². The highest BCUT2D eigenvalue weighted by Crippen LogP contribution is 2.25. The van der Waals surface area contributed by atoms with Crippen LogP contribution in [0.15, 0.2) is 18.2 Å². The second-order valence-corrected chi connectivity index (χ2v) is 7.04. The number of imidazole rings is 1. The number of rotatable bonds is 5. The Balaban J connectivity index is 1.64. The zero-order chi connectivity index (χ0) is 17.1. The summed E-state index contributed by atoms with van der Waals surface area (Å²) in [6.45, 7) is 8.02. The topological polar surface area (TPSA) is 50.2 Å². The smallest absolute Gasteiger partial charge is 0.251 e. The third-order valence-corrected chi connectivity index (χ3v) is 4.85. The SMILES string of the molecule is CC(C)n1c(Cl)nc2cc(C(=O)NCCN3CCCCC3)ccc21. The van der Waals surface area contributed by atoms with Gasteiger partial charge in [-0.3, -0.25) is 4.79 Å². The standard InChI is InChI=1S/C18H25ClN4O/c1-13(2)23-16-7-6-14(12-15(16)21-18(23)19)17(24)20-8-11-22-9-4-3-5-10-22/h6-7,12-13H,3-5,8-11H2,1-2H3,(H,20,24). The summed E-state index contributed by atoms with van der Waals surface area (Å²) in [5.74, 6) is -0.0517. The second kappa shape index (κ2) is 7.53. The van der Waals surface area contributed by atoms with Crippen molar-refractivity contribution in [1.29, 1.82) is 0 Å². The molecule has 1 saturated heterocycles. The third kappa shape index (κ3) is 3.73. The van der Waals surface area contributed by atoms with Crippen LogP contribution in [0.3, 0.4) is 0 Å². The molecule has 1 aromatic heterocycles. The maximum absolute atomic E-state index is 12.4. The number of hydrogen-bond acceptors (Lipinski definition) is 3. The van der Waals surface area contributed by atoms with Gasteiger partial charge in [0, 0.05) is 24.7 Å². The van der Waals surface area contributed by atoms with Gasteiger partial charge in [0.25, 0.3) is 5.91 Å². The van der Waals surface area contributed by atoms with Gasteiger partial charge in [-0.1, -0.05) is 6.42 Å². The molecule has 1 N–H and O–H groups in total. The van der Waals surface area contributed by atoms with Crippen molar-refractivity contribution in [2.24, 2.45) is 0 Å². The van der Waals surface area contributed by atoms with E-state index < -0.39 is 0 Å². The highest BCUT2D eigenvalue weighted by Gasteiger charge is 2.15. The normalized spacial score (nSPS) is 16.0. The molecule has 0 aliphatic carbocycles. The number of nitrogens with one attached hydrogen (secondary N) is 1. The molecule has 1 amide bonds. The average molecular weight is 349 g/mol. The first-order valence-electron chi connectivity index (χ1n) is 8.74. The Labute approximate surface area is 148 Å². The number of hydrogen-bond donors (Lipinski definition) is 1. The van der Waals surface area contributed by atoms with Crippen LogP contribution < -0.4 is 5.32 Å². The number of piperidine rings is 1. The molecular weight excluding hydrogens is 324 g/mol. The van der Waals surface area contributed by atoms with E-state index in [2.05, 4.69) is 29.0 Å². The molecule has 3 rings (SSSR count). The van der Waals surface area contributed by atoms with E-state index in [0.29, 0.717) is 17.4 Å². The first kappa shape index (κ1) is 17.2. The molecule has 1 fully saturated rings. The minimum absolute atomic E-state index is 0.0517. The first-order valence-corrected chi connectivity index (χ1v) is 9.12. The fraction of sp³-hybridized carbons (Fsp3) is 0.556. The van der Waals surface area contributed by atoms with Gasteiger partial charge in [0.15, 0.2) is 0 Å². The van der Waals surface area contributed by atoms with Crippen LogP contribution in [0.2, 0.25) is 5.28 Å². The fourth-order valence-electron chi connectivity index (χ4n) is 3.31. The number of halogens is 1. The number of likely N-dealkylation sites (tertiary alicyclic amines) is 1. The predicted molar refractivity (Wildman–Crippen MR) is 97.8 cm³/mol. The van der Waals surface area contributed by atoms with Crippen LogP contribution >= 0.6 is 11.6 Å². The first-order chi connectivity index (χ1) is 11.6. The lowest BCUT2D eigenvalue weighted by atomic mass is 10.1. The van der Waals surface area contributed by atoms with E-state index in [4.69, 9.17) is 11.6 Å². The van der Waals surface area contributed by atoms with Crippen molar-refractivity contribution in [2.45, 2.75) is 39.2 Å². The lowest BCUT2D eigenvalue weighted by molar-refractivity contribution is 0.0946. The molecule has 1 aliphatic heterocycles. The summed E-state index contributed by atoms with van der Waals surface area (Å²) in [7, 11) is 0. The Bertz CT molecular complexity index is 719. The molecular formula is C18H25ClN4O. The van der Waals surface area contributed by atoms with Gasteiger partial charge in [-0.2, -0.15) is 0 Å². The Morgan fingerprint density at radius 3 is 2.75 bits per heavy atom. The van der Waals surface area contributed by atoms with Crippen LogP contribution in [-0.4, -0.2) is 46.5 Å². The van der Waals surface area contributed by atoms with E-state index in [9.17, 15) is 4.79 Å². The summed E-state index contributed by atoms with van der Waals surface area (Å²) < 4.78 is 1.97. The Kier molecular flexibility index (Phi) is 5.41. The molecule has 1 aliphatic rings. The summed E-state index contributed by atoms with van der Waals surface area (Å²) in [6, 6.07) is 5.81. The van der Waals surface area contributed by atoms with Gasteiger partial charge >= 0.3 is 0 Å². The number of nitrogens with zero attached hydrogens (tertiary/aromatic N) is 3. The van der Waals surface area contributed by atoms with Gasteiger partial charge in [-0.15, -0.1) is 0 Å². The van der Waals surface area contributed by atoms with Crippen molar-refractivity contribution in [3.8, 4) is 0 Å². The van der Waals surface area contributed by atoms with Crippen molar-refractivity contribution >= 4 is 28.5 Å². The molecule has 0 spiro atoms. The van der Waals surface area contributed by atoms with Crippen molar-refractivity contribution in [1.82, 2.24) is 19.8 Å². The van der Waals surface area contributed by atoms with Crippen molar-refractivity contribution in [2.75, 3.05) is 26.2 Å². The van der Waals surface area contributed by atoms with Crippen molar-refractivity contribution in [3.05, 3.63) is 29.0 Å². The van der Waals surface area contributed by atoms with E-state index in [-0.39, 0.29) is 11.9 Å². The average Bonchev–Trinajstić information content (AvgIpc) is 2.90. The molecule has 2 heterocycles. The largest absolute Gasteiger partial charge is 0.351 e. The molecule has 24 heavy (non-hydrogen) atoms. The quantitative estimate of drug-likeness (QED) is 0.899. The summed E-state index contributed by atoms with van der Waals surface area (Å²) in [4.78, 5) is 19.1. The van der Waals surface area contributed by atoms with E-state index >= 15 is 0 Å². The maximum Gasteiger partial charge on any atom is 0.251 e. The summed E-state index contributed by atoms with van der Waals surface area (Å²) >= 11 is 6.21. The van der Waals surface area contributed by atoms with Crippen LogP contribution in [0.5, 0.6) is 0 Å². The van der Waals surface area contributed by atoms with E-state index in [1.807, 2.05) is 22.8 Å². The second-order valence-electron chi connectivity index (χ2n) is 6.71. The molecule has 0 bridgehead atoms. The summed E-state index contributed by atoms with van der Waals surface area (Å²) in [5, 5.41) is 3.47. The maximum atomic E-state index is 12.4. The lowest BCUT2D eigenvalue weighted by Gasteiger charge is -2.26. The Morgan fingerprint density at radius 1 is 1.29 bits per heavy atom. The number of carbonyl (C=O) groups is 1. The van der Waals surface area contributed by atoms with Crippen LogP contribution in [0.25, 0.3) is 11.0 Å². The highest BCUT2D eigenvalue weighted by molar-refractivity contribution is 6.29. The number of amides is 1. The summed E-state index contributed by atoms with van der Waals surface area (Å²) in [6.07, 6.45) is 3.86. The minimum Gasteiger partial charge on any atom is -0.351 e. The van der Waals surface area contributed by atoms with Crippen molar-refractivity contribution < 1.29 is 4.79 Å². The van der Waals surface area contributed by atoms with Gasteiger partial charge in [0.05, 0.1) is 11.0 Å². The van der Waals surface area contributed by atoms with Gasteiger partial charge in [0.1, 0.15) is 0 Å². The molecule has 6 heteroatoms. The van der Waals surface area contributed by atoms with Gasteiger partial charge in [-0.25, -0.2) is 4.98 Å². The monoisotopic (exact) mass is 348 g/mol. The van der Waals surface area contributed by atoms with Crippen molar-refractivity contribution in [3.63, 3.8) is 0 Å². The molecule has 0 atom stereocenters. The lowest BCUT2D eigenvalue weighted by Crippen LogP contribution is -2.37. The number of fused-ring (bicyclic) bond motifs is 1. The van der Waals surface area contributed by atoms with Gasteiger partial charge < -0.3 is 14.8 Å². The zero-order valence-corrected chi connectivity index (χ0v) is 15.1. The van der Waals surface area contributed by atoms with E-state index in [1.165, 1.54) is 19.3 Å². The molecule has 0 saturated carbocycles. The molecule has 130 valence electrons. The molecule has 2 aromatic rings. The molecule has 0 unspecified atom stereocenters. The summed E-state index contributed by atoms with van der Waals surface area (Å²) in [5.41, 5.74) is 2.35. The van der Waals surface area contributed by atoms with E-state index in [0.717, 1.165) is 30.7 Å². The molecule has 1 aromatic carbocycles. The Morgan fingerprint density at radius 2 is 2.04 bits per heavy atom. The zero-order valence-electron chi connectivity index (χ0n) is 14.4. The van der Waals surface area contributed by atoms with Crippen LogP contribution in [-0.2, 0) is 0 Å². The third-order valence-electron chi connectivity index (χ3n) is 4.59. The van der Waals surface area contributed by atoms with Gasteiger partial charge in [-0.05, 0) is 69.6 Å². The fourth-order valence-corrected chi connectivity index (χ4v) is 3.69. The van der Waals surface area contributed by atoms with Crippen LogP contribution in [0, 0.1) is 0 Å². The van der Waals surface area contributed by atoms with Crippen LogP contribution in [0.1, 0.15) is 49.5 Å². The van der Waals surface area contributed by atoms with E-state index in [1.54, 1.807) is 0 Å². The highest BCUT2D eigenvalue weighted by atomic mass is 35.5. The molecule has 5 nitrogen and oxygen atoms in total. The number of benzene rings is 1. The molecule has 0 radical (unpaired) electrons. The van der Waals surface area contributed by atoms with Gasteiger partial charge in [0.2, 0.25) is 5.28 Å². The minimum atomic E-state index is -0.0517. The predicted octanol–water partition coefficient (Wildman–Crippen LogP) is 3.49.